The first-order valence-corrected chi connectivity index (χ1v) is 11.7. The van der Waals surface area contributed by atoms with Crippen molar-refractivity contribution in [2.45, 2.75) is 29.1 Å². The molecule has 33 heavy (non-hydrogen) atoms. The van der Waals surface area contributed by atoms with E-state index in [4.69, 9.17) is 4.74 Å². The lowest BCUT2D eigenvalue weighted by molar-refractivity contribution is -0.149. The Morgan fingerprint density at radius 2 is 1.42 bits per heavy atom. The van der Waals surface area contributed by atoms with E-state index >= 15 is 0 Å². The predicted molar refractivity (Wildman–Crippen MR) is 122 cm³/mol. The van der Waals surface area contributed by atoms with Crippen LogP contribution < -0.4 is 4.90 Å². The fraction of sp³-hybridized carbons (Fsp3) is 0.280. The van der Waals surface area contributed by atoms with Crippen molar-refractivity contribution in [2.24, 2.45) is 11.8 Å². The molecule has 0 spiro atoms. The van der Waals surface area contributed by atoms with Gasteiger partial charge in [0, 0.05) is 16.3 Å². The zero-order valence-electron chi connectivity index (χ0n) is 17.8. The summed E-state index contributed by atoms with van der Waals surface area (Å²) in [6, 6.07) is 15.1. The topological polar surface area (TPSA) is 84.0 Å². The lowest BCUT2D eigenvalue weighted by Gasteiger charge is -2.30. The van der Waals surface area contributed by atoms with Crippen LogP contribution in [0.2, 0.25) is 0 Å². The molecule has 1 fully saturated rings. The molecule has 2 heterocycles. The highest BCUT2D eigenvalue weighted by Gasteiger charge is 2.47. The van der Waals surface area contributed by atoms with Gasteiger partial charge in [-0.3, -0.25) is 29.0 Å². The lowest BCUT2D eigenvalue weighted by Crippen LogP contribution is -2.35. The molecular formula is C25H22N2O5S. The van der Waals surface area contributed by atoms with Gasteiger partial charge in [0.15, 0.2) is 6.61 Å². The number of carbonyl (C=O) groups is 4. The molecule has 168 valence electrons. The Bertz CT molecular complexity index is 1110. The Morgan fingerprint density at radius 3 is 2.00 bits per heavy atom. The normalized spacial score (nSPS) is 20.8. The zero-order valence-corrected chi connectivity index (χ0v) is 18.6. The third-order valence-corrected chi connectivity index (χ3v) is 7.31. The van der Waals surface area contributed by atoms with Crippen molar-refractivity contribution in [1.29, 1.82) is 0 Å². The van der Waals surface area contributed by atoms with Crippen LogP contribution in [0.25, 0.3) is 0 Å². The highest BCUT2D eigenvalue weighted by atomic mass is 32.2. The number of fused-ring (bicyclic) bond motifs is 3. The number of carbonyl (C=O) groups excluding carboxylic acids is 4. The van der Waals surface area contributed by atoms with E-state index in [-0.39, 0.29) is 42.5 Å². The van der Waals surface area contributed by atoms with Crippen molar-refractivity contribution < 1.29 is 23.9 Å². The highest BCUT2D eigenvalue weighted by Crippen LogP contribution is 2.47. The molecule has 1 saturated heterocycles. The quantitative estimate of drug-likeness (QED) is 0.383. The maximum atomic E-state index is 13.1. The molecule has 0 aromatic heterocycles. The lowest BCUT2D eigenvalue weighted by atomic mass is 9.85. The predicted octanol–water partition coefficient (Wildman–Crippen LogP) is 3.70. The van der Waals surface area contributed by atoms with Crippen LogP contribution in [0.5, 0.6) is 0 Å². The number of rotatable bonds is 5. The summed E-state index contributed by atoms with van der Waals surface area (Å²) in [6.45, 7) is -0.451. The van der Waals surface area contributed by atoms with E-state index in [1.807, 2.05) is 60.7 Å². The standard InChI is InChI=1S/C25H22N2O5S/c28-22(27-18-9-3-5-11-20(18)33-21-12-6-4-10-19(21)27)15-32-23(29)13-14-26-24(30)16-7-1-2-8-17(16)25(26)31/h1-6,9-12,16-17H,7-8,13-15H2/t16-,17-/m0/s1. The van der Waals surface area contributed by atoms with Gasteiger partial charge < -0.3 is 4.74 Å². The molecule has 2 atom stereocenters. The summed E-state index contributed by atoms with van der Waals surface area (Å²) in [6.07, 6.45) is 4.82. The molecule has 0 saturated carbocycles. The molecule has 5 rings (SSSR count). The van der Waals surface area contributed by atoms with E-state index in [9.17, 15) is 19.2 Å². The van der Waals surface area contributed by atoms with Gasteiger partial charge in [-0.25, -0.2) is 0 Å². The van der Waals surface area contributed by atoms with E-state index < -0.39 is 12.6 Å². The first-order valence-electron chi connectivity index (χ1n) is 10.9. The molecule has 2 aliphatic heterocycles. The number of benzene rings is 2. The minimum atomic E-state index is -0.620. The third-order valence-electron chi connectivity index (χ3n) is 6.18. The van der Waals surface area contributed by atoms with E-state index in [0.29, 0.717) is 12.8 Å². The summed E-state index contributed by atoms with van der Waals surface area (Å²) >= 11 is 1.58. The largest absolute Gasteiger partial charge is 0.455 e. The van der Waals surface area contributed by atoms with Gasteiger partial charge >= 0.3 is 5.97 Å². The number of nitrogens with zero attached hydrogens (tertiary/aromatic N) is 2. The fourth-order valence-corrected chi connectivity index (χ4v) is 5.60. The number of likely N-dealkylation sites (tertiary alicyclic amines) is 1. The number of hydrogen-bond donors (Lipinski definition) is 0. The van der Waals surface area contributed by atoms with E-state index in [1.54, 1.807) is 16.7 Å². The second-order valence-corrected chi connectivity index (χ2v) is 9.25. The first kappa shape index (κ1) is 21.5. The van der Waals surface area contributed by atoms with Gasteiger partial charge in [-0.05, 0) is 37.1 Å². The summed E-state index contributed by atoms with van der Waals surface area (Å²) in [7, 11) is 0. The Labute approximate surface area is 195 Å². The Hall–Kier alpha value is -3.39. The number of allylic oxidation sites excluding steroid dienone is 2. The summed E-state index contributed by atoms with van der Waals surface area (Å²) in [5.41, 5.74) is 1.48. The number of esters is 1. The number of amides is 3. The second-order valence-electron chi connectivity index (χ2n) is 8.16. The van der Waals surface area contributed by atoms with Crippen molar-refractivity contribution in [3.63, 3.8) is 0 Å². The van der Waals surface area contributed by atoms with Crippen LogP contribution in [0.15, 0.2) is 70.5 Å². The summed E-state index contributed by atoms with van der Waals surface area (Å²) in [5.74, 6) is -2.08. The molecule has 0 N–H and O–H groups in total. The number of imide groups is 1. The molecule has 0 radical (unpaired) electrons. The zero-order chi connectivity index (χ0) is 22.9. The second kappa shape index (κ2) is 8.86. The van der Waals surface area contributed by atoms with Crippen molar-refractivity contribution in [2.75, 3.05) is 18.1 Å². The number of anilines is 2. The number of para-hydroxylation sites is 2. The molecule has 3 amide bonds. The van der Waals surface area contributed by atoms with E-state index in [0.717, 1.165) is 21.2 Å². The molecule has 3 aliphatic rings. The molecule has 2 aromatic rings. The molecule has 0 unspecified atom stereocenters. The van der Waals surface area contributed by atoms with Gasteiger partial charge in [-0.1, -0.05) is 48.2 Å². The molecule has 1 aliphatic carbocycles. The third kappa shape index (κ3) is 3.95. The monoisotopic (exact) mass is 462 g/mol. The van der Waals surface area contributed by atoms with Crippen molar-refractivity contribution in [3.8, 4) is 0 Å². The van der Waals surface area contributed by atoms with Gasteiger partial charge in [0.25, 0.3) is 5.91 Å². The molecule has 0 bridgehead atoms. The first-order chi connectivity index (χ1) is 16.0. The molecular weight excluding hydrogens is 440 g/mol. The van der Waals surface area contributed by atoms with Crippen LogP contribution in [0, 0.1) is 11.8 Å². The highest BCUT2D eigenvalue weighted by molar-refractivity contribution is 7.99. The SMILES string of the molecule is O=C(CCN1C(=O)[C@H]2CC=CC[C@@H]2C1=O)OCC(=O)N1c2ccccc2Sc2ccccc21. The Kier molecular flexibility index (Phi) is 5.76. The van der Waals surface area contributed by atoms with Crippen LogP contribution in [-0.4, -0.2) is 41.7 Å². The Balaban J connectivity index is 1.21. The van der Waals surface area contributed by atoms with Crippen molar-refractivity contribution >= 4 is 46.8 Å². The fourth-order valence-electron chi connectivity index (χ4n) is 4.54. The molecule has 7 nitrogen and oxygen atoms in total. The van der Waals surface area contributed by atoms with Gasteiger partial charge in [0.05, 0.1) is 29.6 Å². The van der Waals surface area contributed by atoms with Crippen LogP contribution in [-0.2, 0) is 23.9 Å². The molecule has 2 aromatic carbocycles. The average molecular weight is 463 g/mol. The minimum Gasteiger partial charge on any atom is -0.455 e. The number of hydrogen-bond acceptors (Lipinski definition) is 6. The van der Waals surface area contributed by atoms with Gasteiger partial charge in [0.1, 0.15) is 0 Å². The van der Waals surface area contributed by atoms with E-state index in [2.05, 4.69) is 0 Å². The number of ether oxygens (including phenoxy) is 1. The maximum Gasteiger partial charge on any atom is 0.308 e. The molecule has 8 heteroatoms. The van der Waals surface area contributed by atoms with Crippen LogP contribution >= 0.6 is 11.8 Å². The summed E-state index contributed by atoms with van der Waals surface area (Å²) < 4.78 is 5.24. The van der Waals surface area contributed by atoms with Crippen LogP contribution in [0.1, 0.15) is 19.3 Å². The van der Waals surface area contributed by atoms with Gasteiger partial charge in [-0.15, -0.1) is 0 Å². The smallest absolute Gasteiger partial charge is 0.308 e. The van der Waals surface area contributed by atoms with Crippen LogP contribution in [0.4, 0.5) is 11.4 Å². The van der Waals surface area contributed by atoms with Crippen LogP contribution in [0.3, 0.4) is 0 Å². The van der Waals surface area contributed by atoms with E-state index in [1.165, 1.54) is 4.90 Å². The van der Waals surface area contributed by atoms with Crippen molar-refractivity contribution in [3.05, 3.63) is 60.7 Å². The maximum absolute atomic E-state index is 13.1. The van der Waals surface area contributed by atoms with Gasteiger partial charge in [-0.2, -0.15) is 0 Å². The summed E-state index contributed by atoms with van der Waals surface area (Å²) in [5, 5.41) is 0. The summed E-state index contributed by atoms with van der Waals surface area (Å²) in [4.78, 5) is 55.1. The minimum absolute atomic E-state index is 0.0241. The van der Waals surface area contributed by atoms with Gasteiger partial charge in [0.2, 0.25) is 11.8 Å². The Morgan fingerprint density at radius 1 is 0.879 bits per heavy atom. The van der Waals surface area contributed by atoms with Crippen molar-refractivity contribution in [1.82, 2.24) is 4.90 Å². The average Bonchev–Trinajstić information content (AvgIpc) is 3.09.